The molecule has 4 nitrogen and oxygen atoms in total. The fraction of sp³-hybridized carbons (Fsp3) is 0.462. The number of benzene rings is 1. The van der Waals surface area contributed by atoms with Crippen LogP contribution in [0.5, 0.6) is 0 Å². The molecule has 0 aromatic heterocycles. The lowest BCUT2D eigenvalue weighted by Gasteiger charge is -2.22. The zero-order valence-electron chi connectivity index (χ0n) is 11.1. The molecule has 0 amide bonds. The predicted molar refractivity (Wildman–Crippen MR) is 84.5 cm³/mol. The van der Waals surface area contributed by atoms with Gasteiger partial charge < -0.3 is 5.11 Å². The molecule has 0 saturated carbocycles. The minimum atomic E-state index is -3.95. The number of hydrogen-bond donors (Lipinski definition) is 1. The van der Waals surface area contributed by atoms with E-state index in [-0.39, 0.29) is 4.90 Å². The monoisotopic (exact) mass is 426 g/mol. The van der Waals surface area contributed by atoms with Crippen LogP contribution in [-0.2, 0) is 14.6 Å². The Hall–Kier alpha value is -0.400. The van der Waals surface area contributed by atoms with Crippen molar-refractivity contribution in [2.75, 3.05) is 0 Å². The molecule has 0 aliphatic carbocycles. The van der Waals surface area contributed by atoms with Crippen LogP contribution in [0.1, 0.15) is 26.7 Å². The molecule has 0 spiro atoms. The van der Waals surface area contributed by atoms with Crippen molar-refractivity contribution in [2.24, 2.45) is 5.92 Å². The van der Waals surface area contributed by atoms with Crippen molar-refractivity contribution >= 4 is 47.7 Å². The summed E-state index contributed by atoms with van der Waals surface area (Å²) in [7, 11) is -3.95. The highest BCUT2D eigenvalue weighted by Gasteiger charge is 2.40. The van der Waals surface area contributed by atoms with Gasteiger partial charge >= 0.3 is 5.97 Å². The lowest BCUT2D eigenvalue weighted by molar-refractivity contribution is -0.137. The molecule has 1 rings (SSSR count). The van der Waals surface area contributed by atoms with E-state index in [1.807, 2.05) is 0 Å². The fourth-order valence-corrected chi connectivity index (χ4v) is 5.63. The normalized spacial score (nSPS) is 13.4. The van der Waals surface area contributed by atoms with E-state index >= 15 is 0 Å². The van der Waals surface area contributed by atoms with E-state index in [0.29, 0.717) is 21.8 Å². The summed E-state index contributed by atoms with van der Waals surface area (Å²) in [6, 6.07) is 4.70. The van der Waals surface area contributed by atoms with Crippen molar-refractivity contribution in [3.05, 3.63) is 27.1 Å². The van der Waals surface area contributed by atoms with E-state index in [1.54, 1.807) is 26.0 Å². The molecule has 112 valence electrons. The van der Waals surface area contributed by atoms with Crippen LogP contribution in [0.4, 0.5) is 0 Å². The Balaban J connectivity index is 3.44. The maximum atomic E-state index is 12.7. The zero-order chi connectivity index (χ0) is 15.5. The Kier molecular flexibility index (Phi) is 6.22. The first-order chi connectivity index (χ1) is 9.25. The summed E-state index contributed by atoms with van der Waals surface area (Å²) >= 11 is 6.40. The Bertz CT molecular complexity index is 594. The van der Waals surface area contributed by atoms with Crippen molar-refractivity contribution in [2.45, 2.75) is 36.8 Å². The molecule has 1 unspecified atom stereocenters. The fourth-order valence-electron chi connectivity index (χ4n) is 2.14. The Morgan fingerprint density at radius 3 is 2.25 bits per heavy atom. The third kappa shape index (κ3) is 3.62. The predicted octanol–water partition coefficient (Wildman–Crippen LogP) is 3.87. The molecule has 7 heteroatoms. The number of rotatable bonds is 6. The van der Waals surface area contributed by atoms with E-state index in [4.69, 9.17) is 0 Å². The summed E-state index contributed by atoms with van der Waals surface area (Å²) in [5.74, 6) is -1.71. The van der Waals surface area contributed by atoms with Gasteiger partial charge in [0.05, 0.1) is 4.90 Å². The van der Waals surface area contributed by atoms with Gasteiger partial charge in [0.1, 0.15) is 0 Å². The third-order valence-corrected chi connectivity index (χ3v) is 6.91. The van der Waals surface area contributed by atoms with Crippen LogP contribution in [0.2, 0.25) is 0 Å². The lowest BCUT2D eigenvalue weighted by atomic mass is 9.99. The van der Waals surface area contributed by atoms with Crippen LogP contribution in [-0.4, -0.2) is 24.7 Å². The first kappa shape index (κ1) is 17.7. The second-order valence-electron chi connectivity index (χ2n) is 4.46. The van der Waals surface area contributed by atoms with Crippen LogP contribution in [0.3, 0.4) is 0 Å². The van der Waals surface area contributed by atoms with E-state index in [9.17, 15) is 18.3 Å². The zero-order valence-corrected chi connectivity index (χ0v) is 15.1. The van der Waals surface area contributed by atoms with Gasteiger partial charge in [-0.05, 0) is 40.0 Å². The van der Waals surface area contributed by atoms with Gasteiger partial charge in [0.2, 0.25) is 0 Å². The molecule has 0 bridgehead atoms. The highest BCUT2D eigenvalue weighted by Crippen LogP contribution is 2.32. The van der Waals surface area contributed by atoms with E-state index < -0.39 is 27.0 Å². The second-order valence-corrected chi connectivity index (χ2v) is 8.26. The Morgan fingerprint density at radius 2 is 1.80 bits per heavy atom. The largest absolute Gasteiger partial charge is 0.480 e. The number of carboxylic acid groups (broad SMARTS) is 1. The van der Waals surface area contributed by atoms with E-state index in [1.165, 1.54) is 6.07 Å². The van der Waals surface area contributed by atoms with Crippen molar-refractivity contribution in [1.29, 1.82) is 0 Å². The van der Waals surface area contributed by atoms with Gasteiger partial charge in [-0.1, -0.05) is 42.6 Å². The van der Waals surface area contributed by atoms with Crippen LogP contribution < -0.4 is 0 Å². The number of aliphatic carboxylic acids is 1. The molecular weight excluding hydrogens is 412 g/mol. The van der Waals surface area contributed by atoms with Gasteiger partial charge in [-0.25, -0.2) is 8.42 Å². The lowest BCUT2D eigenvalue weighted by Crippen LogP contribution is -2.37. The summed E-state index contributed by atoms with van der Waals surface area (Å²) in [6.07, 6.45) is 0.997. The first-order valence-corrected chi connectivity index (χ1v) is 9.30. The molecule has 20 heavy (non-hydrogen) atoms. The average molecular weight is 428 g/mol. The SMILES string of the molecule is CCC(CC)C(C(=O)O)S(=O)(=O)c1cc(Br)ccc1Br. The molecule has 0 aliphatic rings. The summed E-state index contributed by atoms with van der Waals surface area (Å²) in [5.41, 5.74) is 0. The molecule has 0 radical (unpaired) electrons. The molecule has 0 heterocycles. The number of sulfone groups is 1. The van der Waals surface area contributed by atoms with Crippen molar-refractivity contribution in [3.8, 4) is 0 Å². The molecule has 0 saturated heterocycles. The van der Waals surface area contributed by atoms with Gasteiger partial charge in [-0.3, -0.25) is 4.79 Å². The van der Waals surface area contributed by atoms with Crippen molar-refractivity contribution < 1.29 is 18.3 Å². The molecular formula is C13H16Br2O4S. The average Bonchev–Trinajstić information content (AvgIpc) is 2.37. The highest BCUT2D eigenvalue weighted by atomic mass is 79.9. The number of carboxylic acids is 1. The van der Waals surface area contributed by atoms with Crippen LogP contribution >= 0.6 is 31.9 Å². The maximum absolute atomic E-state index is 12.7. The van der Waals surface area contributed by atoms with Crippen LogP contribution in [0.25, 0.3) is 0 Å². The summed E-state index contributed by atoms with van der Waals surface area (Å²) in [4.78, 5) is 11.5. The molecule has 1 N–H and O–H groups in total. The smallest absolute Gasteiger partial charge is 0.322 e. The highest BCUT2D eigenvalue weighted by molar-refractivity contribution is 9.11. The van der Waals surface area contributed by atoms with Gasteiger partial charge in [0.15, 0.2) is 15.1 Å². The van der Waals surface area contributed by atoms with Gasteiger partial charge in [-0.15, -0.1) is 0 Å². The van der Waals surface area contributed by atoms with E-state index in [2.05, 4.69) is 31.9 Å². The standard InChI is InChI=1S/C13H16Br2O4S/c1-3-8(4-2)12(13(16)17)20(18,19)11-7-9(14)5-6-10(11)15/h5-8,12H,3-4H2,1-2H3,(H,16,17). The Labute approximate surface area is 135 Å². The van der Waals surface area contributed by atoms with Crippen LogP contribution in [0.15, 0.2) is 32.0 Å². The number of halogens is 2. The third-order valence-electron chi connectivity index (χ3n) is 3.25. The molecule has 1 atom stereocenters. The summed E-state index contributed by atoms with van der Waals surface area (Å²) in [6.45, 7) is 3.60. The summed E-state index contributed by atoms with van der Waals surface area (Å²) < 4.78 is 26.3. The Morgan fingerprint density at radius 1 is 1.25 bits per heavy atom. The molecule has 1 aromatic carbocycles. The molecule has 1 aromatic rings. The topological polar surface area (TPSA) is 71.4 Å². The van der Waals surface area contributed by atoms with Crippen molar-refractivity contribution in [3.63, 3.8) is 0 Å². The number of carbonyl (C=O) groups is 1. The quantitative estimate of drug-likeness (QED) is 0.747. The first-order valence-electron chi connectivity index (χ1n) is 6.17. The molecule has 0 aliphatic heterocycles. The van der Waals surface area contributed by atoms with Gasteiger partial charge in [0, 0.05) is 8.95 Å². The van der Waals surface area contributed by atoms with Crippen molar-refractivity contribution in [1.82, 2.24) is 0 Å². The van der Waals surface area contributed by atoms with Crippen LogP contribution in [0, 0.1) is 5.92 Å². The molecule has 0 fully saturated rings. The van der Waals surface area contributed by atoms with E-state index in [0.717, 1.165) is 0 Å². The minimum absolute atomic E-state index is 0.00572. The minimum Gasteiger partial charge on any atom is -0.480 e. The van der Waals surface area contributed by atoms with Gasteiger partial charge in [0.25, 0.3) is 0 Å². The van der Waals surface area contributed by atoms with Gasteiger partial charge in [-0.2, -0.15) is 0 Å². The second kappa shape index (κ2) is 7.04. The number of hydrogen-bond acceptors (Lipinski definition) is 3. The maximum Gasteiger partial charge on any atom is 0.322 e. The summed E-state index contributed by atoms with van der Waals surface area (Å²) in [5, 5.41) is 7.93.